The molecule has 21 heavy (non-hydrogen) atoms. The Labute approximate surface area is 125 Å². The number of rotatable bonds is 4. The van der Waals surface area contributed by atoms with Gasteiger partial charge < -0.3 is 4.90 Å². The van der Waals surface area contributed by atoms with Gasteiger partial charge in [0.25, 0.3) is 0 Å². The number of likely N-dealkylation sites (N-methyl/N-ethyl adjacent to an activating group) is 1. The van der Waals surface area contributed by atoms with Crippen LogP contribution in [0.4, 0.5) is 8.78 Å². The van der Waals surface area contributed by atoms with Crippen molar-refractivity contribution in [1.29, 1.82) is 0 Å². The van der Waals surface area contributed by atoms with E-state index in [1.165, 1.54) is 18.9 Å². The standard InChI is InChI=1S/C16H25F2N3/c1-21(2)16(10-5-3-4-6-11-16)15(20-19)12-8-7-9-13(17)14(12)18/h7-9,15,20H,3-6,10-11,19H2,1-2H3. The van der Waals surface area contributed by atoms with Gasteiger partial charge in [-0.05, 0) is 33.0 Å². The summed E-state index contributed by atoms with van der Waals surface area (Å²) in [6, 6.07) is 3.88. The van der Waals surface area contributed by atoms with E-state index in [1.807, 2.05) is 14.1 Å². The molecule has 0 radical (unpaired) electrons. The summed E-state index contributed by atoms with van der Waals surface area (Å²) in [4.78, 5) is 2.12. The van der Waals surface area contributed by atoms with E-state index in [2.05, 4.69) is 10.3 Å². The number of nitrogens with two attached hydrogens (primary N) is 1. The highest BCUT2D eigenvalue weighted by Gasteiger charge is 2.42. The van der Waals surface area contributed by atoms with Crippen LogP contribution in [0, 0.1) is 11.6 Å². The van der Waals surface area contributed by atoms with Crippen LogP contribution >= 0.6 is 0 Å². The van der Waals surface area contributed by atoms with Crippen molar-refractivity contribution in [3.05, 3.63) is 35.4 Å². The van der Waals surface area contributed by atoms with Gasteiger partial charge in [-0.2, -0.15) is 0 Å². The van der Waals surface area contributed by atoms with Crippen molar-refractivity contribution < 1.29 is 8.78 Å². The first-order valence-corrected chi connectivity index (χ1v) is 7.60. The molecule has 1 aromatic rings. The molecule has 1 saturated carbocycles. The van der Waals surface area contributed by atoms with Crippen LogP contribution in [-0.4, -0.2) is 24.5 Å². The lowest BCUT2D eigenvalue weighted by Gasteiger charge is -2.45. The second-order valence-electron chi connectivity index (χ2n) is 6.15. The summed E-state index contributed by atoms with van der Waals surface area (Å²) in [6.07, 6.45) is 6.35. The second kappa shape index (κ2) is 6.81. The molecule has 1 unspecified atom stereocenters. The Morgan fingerprint density at radius 3 is 2.29 bits per heavy atom. The van der Waals surface area contributed by atoms with Gasteiger partial charge in [-0.15, -0.1) is 0 Å². The quantitative estimate of drug-likeness (QED) is 0.510. The minimum absolute atomic E-state index is 0.292. The van der Waals surface area contributed by atoms with Gasteiger partial charge in [-0.1, -0.05) is 37.8 Å². The van der Waals surface area contributed by atoms with E-state index in [-0.39, 0.29) is 5.54 Å². The molecular formula is C16H25F2N3. The zero-order valence-electron chi connectivity index (χ0n) is 12.8. The van der Waals surface area contributed by atoms with Gasteiger partial charge in [0.1, 0.15) is 0 Å². The van der Waals surface area contributed by atoms with E-state index in [0.717, 1.165) is 31.7 Å². The van der Waals surface area contributed by atoms with E-state index in [1.54, 1.807) is 6.07 Å². The molecular weight excluding hydrogens is 272 g/mol. The maximum atomic E-state index is 14.2. The Hall–Kier alpha value is -1.04. The second-order valence-corrected chi connectivity index (χ2v) is 6.15. The molecule has 3 nitrogen and oxygen atoms in total. The average Bonchev–Trinajstić information content (AvgIpc) is 2.71. The zero-order chi connectivity index (χ0) is 15.5. The van der Waals surface area contributed by atoms with Gasteiger partial charge in [0, 0.05) is 11.1 Å². The van der Waals surface area contributed by atoms with Crippen molar-refractivity contribution in [3.8, 4) is 0 Å². The number of nitrogens with zero attached hydrogens (tertiary/aromatic N) is 1. The fourth-order valence-electron chi connectivity index (χ4n) is 3.61. The molecule has 0 spiro atoms. The molecule has 3 N–H and O–H groups in total. The molecule has 5 heteroatoms. The molecule has 0 amide bonds. The molecule has 118 valence electrons. The minimum Gasteiger partial charge on any atom is -0.302 e. The number of hydrogen-bond donors (Lipinski definition) is 2. The summed E-state index contributed by atoms with van der Waals surface area (Å²) in [5.41, 5.74) is 2.78. The molecule has 0 aliphatic heterocycles. The SMILES string of the molecule is CN(C)C1(C(NN)c2cccc(F)c2F)CCCCCC1. The van der Waals surface area contributed by atoms with E-state index < -0.39 is 17.7 Å². The van der Waals surface area contributed by atoms with E-state index in [9.17, 15) is 8.78 Å². The number of hydrazine groups is 1. The third-order valence-corrected chi connectivity index (χ3v) is 4.86. The van der Waals surface area contributed by atoms with E-state index in [0.29, 0.717) is 5.56 Å². The lowest BCUT2D eigenvalue weighted by atomic mass is 9.78. The monoisotopic (exact) mass is 297 g/mol. The van der Waals surface area contributed by atoms with Crippen LogP contribution < -0.4 is 11.3 Å². The summed E-state index contributed by atoms with van der Waals surface area (Å²) >= 11 is 0. The lowest BCUT2D eigenvalue weighted by Crippen LogP contribution is -2.55. The molecule has 0 bridgehead atoms. The van der Waals surface area contributed by atoms with Crippen molar-refractivity contribution in [2.75, 3.05) is 14.1 Å². The van der Waals surface area contributed by atoms with E-state index >= 15 is 0 Å². The fraction of sp³-hybridized carbons (Fsp3) is 0.625. The molecule has 1 aromatic carbocycles. The fourth-order valence-corrected chi connectivity index (χ4v) is 3.61. The van der Waals surface area contributed by atoms with Gasteiger partial charge in [-0.3, -0.25) is 11.3 Å². The number of hydrogen-bond acceptors (Lipinski definition) is 3. The van der Waals surface area contributed by atoms with Crippen LogP contribution in [0.25, 0.3) is 0 Å². The molecule has 1 fully saturated rings. The molecule has 0 heterocycles. The Bertz CT molecular complexity index is 469. The maximum Gasteiger partial charge on any atom is 0.163 e. The average molecular weight is 297 g/mol. The van der Waals surface area contributed by atoms with Crippen molar-refractivity contribution in [2.24, 2.45) is 5.84 Å². The van der Waals surface area contributed by atoms with Crippen molar-refractivity contribution in [1.82, 2.24) is 10.3 Å². The molecule has 0 aromatic heterocycles. The van der Waals surface area contributed by atoms with Gasteiger partial charge in [0.15, 0.2) is 11.6 Å². The lowest BCUT2D eigenvalue weighted by molar-refractivity contribution is 0.0781. The van der Waals surface area contributed by atoms with Crippen LogP contribution in [0.2, 0.25) is 0 Å². The Balaban J connectivity index is 2.47. The number of halogens is 2. The maximum absolute atomic E-state index is 14.2. The Morgan fingerprint density at radius 1 is 1.14 bits per heavy atom. The highest BCUT2D eigenvalue weighted by Crippen LogP contribution is 2.41. The normalized spacial score (nSPS) is 20.3. The molecule has 1 aliphatic carbocycles. The Kier molecular flexibility index (Phi) is 5.30. The summed E-state index contributed by atoms with van der Waals surface area (Å²) < 4.78 is 27.8. The first-order valence-electron chi connectivity index (χ1n) is 7.60. The summed E-state index contributed by atoms with van der Waals surface area (Å²) in [6.45, 7) is 0. The molecule has 0 saturated heterocycles. The van der Waals surface area contributed by atoms with Gasteiger partial charge in [-0.25, -0.2) is 8.78 Å². The summed E-state index contributed by atoms with van der Waals surface area (Å²) in [7, 11) is 3.99. The van der Waals surface area contributed by atoms with Gasteiger partial charge >= 0.3 is 0 Å². The van der Waals surface area contributed by atoms with Crippen LogP contribution in [0.1, 0.15) is 50.1 Å². The van der Waals surface area contributed by atoms with Crippen molar-refractivity contribution in [3.63, 3.8) is 0 Å². The van der Waals surface area contributed by atoms with Crippen LogP contribution in [0.5, 0.6) is 0 Å². The first-order chi connectivity index (χ1) is 10.0. The topological polar surface area (TPSA) is 41.3 Å². The van der Waals surface area contributed by atoms with Crippen LogP contribution in [0.15, 0.2) is 18.2 Å². The third kappa shape index (κ3) is 3.10. The predicted molar refractivity (Wildman–Crippen MR) is 80.5 cm³/mol. The van der Waals surface area contributed by atoms with Crippen LogP contribution in [0.3, 0.4) is 0 Å². The van der Waals surface area contributed by atoms with Crippen molar-refractivity contribution in [2.45, 2.75) is 50.1 Å². The number of nitrogens with one attached hydrogen (secondary N) is 1. The first kappa shape index (κ1) is 16.3. The highest BCUT2D eigenvalue weighted by atomic mass is 19.2. The van der Waals surface area contributed by atoms with Gasteiger partial charge in [0.05, 0.1) is 6.04 Å². The highest BCUT2D eigenvalue weighted by molar-refractivity contribution is 5.26. The van der Waals surface area contributed by atoms with Crippen molar-refractivity contribution >= 4 is 0 Å². The van der Waals surface area contributed by atoms with Crippen LogP contribution in [-0.2, 0) is 0 Å². The third-order valence-electron chi connectivity index (χ3n) is 4.86. The summed E-state index contributed by atoms with van der Waals surface area (Å²) in [5.74, 6) is 4.14. The minimum atomic E-state index is -0.824. The largest absolute Gasteiger partial charge is 0.302 e. The molecule has 1 atom stereocenters. The van der Waals surface area contributed by atoms with E-state index in [4.69, 9.17) is 5.84 Å². The van der Waals surface area contributed by atoms with Gasteiger partial charge in [0.2, 0.25) is 0 Å². The number of benzene rings is 1. The molecule has 1 aliphatic rings. The zero-order valence-corrected chi connectivity index (χ0v) is 12.8. The Morgan fingerprint density at radius 2 is 1.76 bits per heavy atom. The molecule has 2 rings (SSSR count). The predicted octanol–water partition coefficient (Wildman–Crippen LogP) is 3.12. The smallest absolute Gasteiger partial charge is 0.163 e. The summed E-state index contributed by atoms with van der Waals surface area (Å²) in [5, 5.41) is 0.